The predicted molar refractivity (Wildman–Crippen MR) is 69.0 cm³/mol. The van der Waals surface area contributed by atoms with Gasteiger partial charge in [-0.3, -0.25) is 4.79 Å². The van der Waals surface area contributed by atoms with E-state index in [1.807, 2.05) is 0 Å². The molecule has 23 heavy (non-hydrogen) atoms. The minimum Gasteiger partial charge on any atom is -0.550 e. The van der Waals surface area contributed by atoms with Crippen LogP contribution in [0.15, 0.2) is 36.4 Å². The van der Waals surface area contributed by atoms with Crippen LogP contribution in [0.1, 0.15) is 27.3 Å². The van der Waals surface area contributed by atoms with E-state index in [9.17, 15) is 27.9 Å². The molecule has 2 aromatic rings. The average Bonchev–Trinajstić information content (AvgIpc) is 2.78. The van der Waals surface area contributed by atoms with Crippen molar-refractivity contribution in [2.75, 3.05) is 0 Å². The van der Waals surface area contributed by atoms with Crippen molar-refractivity contribution in [2.24, 2.45) is 7.05 Å². The van der Waals surface area contributed by atoms with Gasteiger partial charge in [-0.1, -0.05) is 12.1 Å². The van der Waals surface area contributed by atoms with E-state index < -0.39 is 23.5 Å². The molecule has 0 atom stereocenters. The van der Waals surface area contributed by atoms with Gasteiger partial charge in [0.25, 0.3) is 0 Å². The van der Waals surface area contributed by atoms with Gasteiger partial charge in [-0.05, 0) is 24.3 Å². The van der Waals surface area contributed by atoms with Crippen LogP contribution >= 0.6 is 0 Å². The van der Waals surface area contributed by atoms with Crippen LogP contribution in [-0.4, -0.2) is 16.3 Å². The fourth-order valence-corrected chi connectivity index (χ4v) is 2.07. The van der Waals surface area contributed by atoms with Crippen LogP contribution in [0.25, 0.3) is 0 Å². The summed E-state index contributed by atoms with van der Waals surface area (Å²) in [6.45, 7) is 0. The number of rotatable bonds is 4. The zero-order chi connectivity index (χ0) is 16.5. The fraction of sp³-hybridized carbons (Fsp3) is 0.200. The molecule has 1 aromatic heterocycles. The van der Waals surface area contributed by atoms with Crippen molar-refractivity contribution in [2.45, 2.75) is 12.6 Å². The Morgan fingerprint density at radius 3 is 2.13 bits per heavy atom. The van der Waals surface area contributed by atoms with Crippen LogP contribution in [0, 0.1) is 0 Å². The van der Waals surface area contributed by atoms with Gasteiger partial charge in [0.1, 0.15) is 0 Å². The van der Waals surface area contributed by atoms with E-state index >= 15 is 0 Å². The number of hydrogen-bond donors (Lipinski definition) is 0. The second-order valence-corrected chi connectivity index (χ2v) is 4.72. The number of nitrogens with zero attached hydrogens (tertiary/aromatic N) is 1. The van der Waals surface area contributed by atoms with Crippen molar-refractivity contribution in [3.8, 4) is 0 Å². The second kappa shape index (κ2) is 7.33. The second-order valence-electron chi connectivity index (χ2n) is 4.72. The number of carboxylic acid groups (broad SMARTS) is 1. The van der Waals surface area contributed by atoms with Crippen molar-refractivity contribution in [3.63, 3.8) is 0 Å². The third-order valence-corrected chi connectivity index (χ3v) is 3.26. The third-order valence-electron chi connectivity index (χ3n) is 3.26. The van der Waals surface area contributed by atoms with Gasteiger partial charge in [0.05, 0.1) is 11.3 Å². The predicted octanol–water partition coefficient (Wildman–Crippen LogP) is -1.43. The molecule has 0 N–H and O–H groups in total. The number of aliphatic carboxylic acids is 1. The van der Waals surface area contributed by atoms with E-state index in [0.717, 1.165) is 24.3 Å². The number of carbonyl (C=O) groups excluding carboxylic acids is 2. The van der Waals surface area contributed by atoms with Crippen LogP contribution in [-0.2, 0) is 24.4 Å². The first-order valence-electron chi connectivity index (χ1n) is 6.26. The summed E-state index contributed by atoms with van der Waals surface area (Å²) in [5.41, 5.74) is -0.186. The van der Waals surface area contributed by atoms with E-state index in [1.54, 1.807) is 0 Å². The molecule has 1 aromatic carbocycles. The summed E-state index contributed by atoms with van der Waals surface area (Å²) in [4.78, 5) is 22.8. The molecule has 2 rings (SSSR count). The Morgan fingerprint density at radius 2 is 1.65 bits per heavy atom. The van der Waals surface area contributed by atoms with E-state index in [4.69, 9.17) is 0 Å². The molecule has 0 saturated carbocycles. The van der Waals surface area contributed by atoms with Crippen LogP contribution in [0.5, 0.6) is 0 Å². The summed E-state index contributed by atoms with van der Waals surface area (Å²) < 4.78 is 38.8. The van der Waals surface area contributed by atoms with Crippen molar-refractivity contribution in [1.82, 2.24) is 4.57 Å². The number of alkyl halides is 3. The minimum absolute atomic E-state index is 0. The normalized spacial score (nSPS) is 11.0. The van der Waals surface area contributed by atoms with E-state index in [0.29, 0.717) is 5.69 Å². The molecule has 4 nitrogen and oxygen atoms in total. The van der Waals surface area contributed by atoms with Crippen LogP contribution < -0.4 is 34.7 Å². The molecule has 0 aliphatic carbocycles. The number of aromatic nitrogens is 1. The molecule has 116 valence electrons. The van der Waals surface area contributed by atoms with Crippen LogP contribution in [0.4, 0.5) is 13.2 Å². The summed E-state index contributed by atoms with van der Waals surface area (Å²) >= 11 is 0. The van der Waals surface area contributed by atoms with E-state index in [-0.39, 0.29) is 47.2 Å². The standard InChI is InChI=1S/C15H12F3NO3.Na/c1-19-11(8-13(20)21)6-7-12(19)14(22)9-2-4-10(5-3-9)15(16,17)18;/h2-7H,8H2,1H3,(H,20,21);/q;+1/p-1. The molecule has 0 bridgehead atoms. The van der Waals surface area contributed by atoms with Gasteiger partial charge in [-0.25, -0.2) is 0 Å². The molecule has 0 saturated heterocycles. The largest absolute Gasteiger partial charge is 1.00 e. The summed E-state index contributed by atoms with van der Waals surface area (Å²) in [5.74, 6) is -1.77. The van der Waals surface area contributed by atoms with Crippen LogP contribution in [0.2, 0.25) is 0 Å². The Morgan fingerprint density at radius 1 is 1.09 bits per heavy atom. The zero-order valence-electron chi connectivity index (χ0n) is 12.5. The molecule has 0 radical (unpaired) electrons. The maximum Gasteiger partial charge on any atom is 1.00 e. The monoisotopic (exact) mass is 333 g/mol. The van der Waals surface area contributed by atoms with Gasteiger partial charge in [-0.15, -0.1) is 0 Å². The van der Waals surface area contributed by atoms with Crippen molar-refractivity contribution in [3.05, 3.63) is 58.9 Å². The van der Waals surface area contributed by atoms with Crippen LogP contribution in [0.3, 0.4) is 0 Å². The summed E-state index contributed by atoms with van der Waals surface area (Å²) in [7, 11) is 1.51. The van der Waals surface area contributed by atoms with Crippen molar-refractivity contribution in [1.29, 1.82) is 0 Å². The maximum atomic E-state index is 12.5. The molecule has 0 fully saturated rings. The average molecular weight is 333 g/mol. The fourth-order valence-electron chi connectivity index (χ4n) is 2.07. The van der Waals surface area contributed by atoms with E-state index in [1.165, 1.54) is 23.7 Å². The van der Waals surface area contributed by atoms with Crippen molar-refractivity contribution >= 4 is 11.8 Å². The molecule has 1 heterocycles. The Balaban J connectivity index is 0.00000264. The molecule has 0 amide bonds. The quantitative estimate of drug-likeness (QED) is 0.509. The van der Waals surface area contributed by atoms with Gasteiger partial charge in [-0.2, -0.15) is 13.2 Å². The van der Waals surface area contributed by atoms with Gasteiger partial charge >= 0.3 is 35.7 Å². The summed E-state index contributed by atoms with van der Waals surface area (Å²) in [6, 6.07) is 6.75. The third kappa shape index (κ3) is 4.46. The first-order valence-corrected chi connectivity index (χ1v) is 6.26. The van der Waals surface area contributed by atoms with Gasteiger partial charge in [0.15, 0.2) is 0 Å². The zero-order valence-corrected chi connectivity index (χ0v) is 14.5. The molecule has 0 spiro atoms. The molecule has 8 heteroatoms. The number of carbonyl (C=O) groups is 2. The molecule has 0 aliphatic heterocycles. The number of carboxylic acids is 1. The van der Waals surface area contributed by atoms with Gasteiger partial charge in [0, 0.05) is 30.7 Å². The number of hydrogen-bond acceptors (Lipinski definition) is 3. The summed E-state index contributed by atoms with van der Waals surface area (Å²) in [5, 5.41) is 10.6. The van der Waals surface area contributed by atoms with Gasteiger partial charge < -0.3 is 14.5 Å². The Kier molecular flexibility index (Phi) is 6.21. The van der Waals surface area contributed by atoms with Gasteiger partial charge in [0.2, 0.25) is 5.78 Å². The summed E-state index contributed by atoms with van der Waals surface area (Å²) in [6.07, 6.45) is -4.81. The molecule has 0 unspecified atom stereocenters. The smallest absolute Gasteiger partial charge is 0.550 e. The SMILES string of the molecule is Cn1c(CC(=O)[O-])ccc1C(=O)c1ccc(C(F)(F)F)cc1.[Na+]. The Labute approximate surface area is 152 Å². The molecular formula is C15H11F3NNaO3. The van der Waals surface area contributed by atoms with Crippen molar-refractivity contribution < 1.29 is 57.4 Å². The Hall–Kier alpha value is -1.57. The molecule has 0 aliphatic rings. The van der Waals surface area contributed by atoms with E-state index in [2.05, 4.69) is 0 Å². The number of ketones is 1. The maximum absolute atomic E-state index is 12.5. The molecular weight excluding hydrogens is 322 g/mol. The first-order chi connectivity index (χ1) is 10.2. The minimum atomic E-state index is -4.46. The Bertz CT molecular complexity index is 721. The first kappa shape index (κ1) is 19.5. The number of benzene rings is 1. The number of halogens is 3. The topological polar surface area (TPSA) is 62.1 Å².